The van der Waals surface area contributed by atoms with E-state index in [2.05, 4.69) is 45.0 Å². The van der Waals surface area contributed by atoms with Gasteiger partial charge in [0.15, 0.2) is 5.72 Å². The maximum atomic E-state index is 6.11. The van der Waals surface area contributed by atoms with Crippen molar-refractivity contribution in [2.75, 3.05) is 6.61 Å². The predicted molar refractivity (Wildman–Crippen MR) is 83.1 cm³/mol. The second-order valence-corrected chi connectivity index (χ2v) is 7.30. The first-order chi connectivity index (χ1) is 9.49. The minimum atomic E-state index is -0.215. The van der Waals surface area contributed by atoms with Gasteiger partial charge in [-0.1, -0.05) is 51.1 Å². The Labute approximate surface area is 122 Å². The van der Waals surface area contributed by atoms with Crippen LogP contribution < -0.4 is 0 Å². The number of hydrogen-bond acceptors (Lipinski definition) is 2. The van der Waals surface area contributed by atoms with Crippen molar-refractivity contribution in [3.05, 3.63) is 35.9 Å². The number of benzene rings is 1. The fourth-order valence-corrected chi connectivity index (χ4v) is 3.48. The summed E-state index contributed by atoms with van der Waals surface area (Å²) < 4.78 is 6.11. The molecule has 1 heterocycles. The summed E-state index contributed by atoms with van der Waals surface area (Å²) in [6.45, 7) is 7.72. The molecule has 1 aromatic rings. The molecule has 2 heteroatoms. The van der Waals surface area contributed by atoms with E-state index in [1.54, 1.807) is 0 Å². The summed E-state index contributed by atoms with van der Waals surface area (Å²) in [6.07, 6.45) is 4.61. The highest BCUT2D eigenvalue weighted by atomic mass is 16.5. The number of ether oxygens (including phenoxy) is 1. The molecule has 2 nitrogen and oxygen atoms in total. The van der Waals surface area contributed by atoms with Crippen molar-refractivity contribution in [1.29, 1.82) is 0 Å². The van der Waals surface area contributed by atoms with Gasteiger partial charge >= 0.3 is 0 Å². The van der Waals surface area contributed by atoms with Crippen molar-refractivity contribution in [1.82, 2.24) is 0 Å². The van der Waals surface area contributed by atoms with E-state index in [0.717, 1.165) is 24.5 Å². The van der Waals surface area contributed by atoms with Crippen molar-refractivity contribution >= 4 is 5.71 Å². The fourth-order valence-electron chi connectivity index (χ4n) is 3.48. The monoisotopic (exact) mass is 271 g/mol. The number of aliphatic imine (C=N–C) groups is 1. The van der Waals surface area contributed by atoms with Gasteiger partial charge in [0.2, 0.25) is 0 Å². The van der Waals surface area contributed by atoms with Crippen LogP contribution >= 0.6 is 0 Å². The Morgan fingerprint density at radius 2 is 1.75 bits per heavy atom. The third-order valence-corrected chi connectivity index (χ3v) is 4.91. The summed E-state index contributed by atoms with van der Waals surface area (Å²) in [5.74, 6) is 0.799. The van der Waals surface area contributed by atoms with Gasteiger partial charge in [-0.25, -0.2) is 0 Å². The summed E-state index contributed by atoms with van der Waals surface area (Å²) in [4.78, 5) is 4.96. The lowest BCUT2D eigenvalue weighted by Gasteiger charge is -2.40. The Bertz CT molecular complexity index is 490. The van der Waals surface area contributed by atoms with Gasteiger partial charge in [0, 0.05) is 0 Å². The van der Waals surface area contributed by atoms with Gasteiger partial charge in [0.05, 0.1) is 12.3 Å². The Hall–Kier alpha value is -1.15. The van der Waals surface area contributed by atoms with Crippen LogP contribution in [0.1, 0.15) is 52.0 Å². The SMILES string of the molecule is CC(C)(C)C1CCC2(CC1)N=C(c1ccccc1)CO2. The van der Waals surface area contributed by atoms with E-state index in [9.17, 15) is 0 Å². The van der Waals surface area contributed by atoms with Crippen molar-refractivity contribution in [3.8, 4) is 0 Å². The van der Waals surface area contributed by atoms with Gasteiger partial charge in [0.1, 0.15) is 0 Å². The van der Waals surface area contributed by atoms with E-state index >= 15 is 0 Å². The molecule has 0 N–H and O–H groups in total. The molecule has 1 aliphatic heterocycles. The molecule has 1 saturated carbocycles. The molecule has 1 aromatic carbocycles. The molecule has 0 radical (unpaired) electrons. The van der Waals surface area contributed by atoms with Gasteiger partial charge in [-0.3, -0.25) is 4.99 Å². The standard InChI is InChI=1S/C18H25NO/c1-17(2,3)15-9-11-18(12-10-15)19-16(13-20-18)14-7-5-4-6-8-14/h4-8,15H,9-13H2,1-3H3. The predicted octanol–water partition coefficient (Wildman–Crippen LogP) is 4.44. The van der Waals surface area contributed by atoms with Crippen molar-refractivity contribution < 1.29 is 4.74 Å². The van der Waals surface area contributed by atoms with Crippen LogP contribution in [-0.4, -0.2) is 18.0 Å². The zero-order chi connectivity index (χ0) is 14.2. The lowest BCUT2D eigenvalue weighted by Crippen LogP contribution is -2.36. The maximum Gasteiger partial charge on any atom is 0.159 e. The quantitative estimate of drug-likeness (QED) is 0.740. The zero-order valence-electron chi connectivity index (χ0n) is 12.9. The van der Waals surface area contributed by atoms with Crippen LogP contribution in [0.2, 0.25) is 0 Å². The van der Waals surface area contributed by atoms with E-state index in [0.29, 0.717) is 12.0 Å². The van der Waals surface area contributed by atoms with Crippen LogP contribution in [0.5, 0.6) is 0 Å². The smallest absolute Gasteiger partial charge is 0.159 e. The molecule has 0 saturated heterocycles. The third-order valence-electron chi connectivity index (χ3n) is 4.91. The molecule has 20 heavy (non-hydrogen) atoms. The molecular weight excluding hydrogens is 246 g/mol. The molecule has 0 amide bonds. The molecule has 1 aliphatic carbocycles. The molecule has 0 aromatic heterocycles. The Morgan fingerprint density at radius 3 is 2.35 bits per heavy atom. The Kier molecular flexibility index (Phi) is 3.45. The lowest BCUT2D eigenvalue weighted by molar-refractivity contribution is -0.0500. The molecule has 0 unspecified atom stereocenters. The highest BCUT2D eigenvalue weighted by Crippen LogP contribution is 2.45. The topological polar surface area (TPSA) is 21.6 Å². The van der Waals surface area contributed by atoms with Crippen LogP contribution in [0.3, 0.4) is 0 Å². The first kappa shape index (κ1) is 13.8. The van der Waals surface area contributed by atoms with E-state index in [4.69, 9.17) is 9.73 Å². The Balaban J connectivity index is 1.73. The molecule has 0 bridgehead atoms. The lowest BCUT2D eigenvalue weighted by atomic mass is 9.70. The zero-order valence-corrected chi connectivity index (χ0v) is 12.9. The maximum absolute atomic E-state index is 6.11. The van der Waals surface area contributed by atoms with Gasteiger partial charge in [-0.2, -0.15) is 0 Å². The minimum absolute atomic E-state index is 0.215. The third kappa shape index (κ3) is 2.67. The average molecular weight is 271 g/mol. The second kappa shape index (κ2) is 5.00. The van der Waals surface area contributed by atoms with Crippen molar-refractivity contribution in [3.63, 3.8) is 0 Å². The van der Waals surface area contributed by atoms with Crippen LogP contribution in [0.15, 0.2) is 35.3 Å². The van der Waals surface area contributed by atoms with Crippen LogP contribution in [-0.2, 0) is 4.74 Å². The first-order valence-electron chi connectivity index (χ1n) is 7.77. The molecule has 2 aliphatic rings. The molecular formula is C18H25NO. The summed E-state index contributed by atoms with van der Waals surface area (Å²) in [7, 11) is 0. The highest BCUT2D eigenvalue weighted by molar-refractivity contribution is 6.02. The van der Waals surface area contributed by atoms with Crippen molar-refractivity contribution in [2.24, 2.45) is 16.3 Å². The van der Waals surface area contributed by atoms with Crippen molar-refractivity contribution in [2.45, 2.75) is 52.2 Å². The normalized spacial score (nSPS) is 30.6. The first-order valence-corrected chi connectivity index (χ1v) is 7.77. The summed E-state index contributed by atoms with van der Waals surface area (Å²) >= 11 is 0. The van der Waals surface area contributed by atoms with Gasteiger partial charge in [-0.15, -0.1) is 0 Å². The van der Waals surface area contributed by atoms with Crippen LogP contribution in [0.4, 0.5) is 0 Å². The highest BCUT2D eigenvalue weighted by Gasteiger charge is 2.42. The van der Waals surface area contributed by atoms with Gasteiger partial charge in [-0.05, 0) is 42.6 Å². The van der Waals surface area contributed by atoms with Crippen LogP contribution in [0, 0.1) is 11.3 Å². The van der Waals surface area contributed by atoms with E-state index in [1.807, 2.05) is 6.07 Å². The van der Waals surface area contributed by atoms with Crippen LogP contribution in [0.25, 0.3) is 0 Å². The number of rotatable bonds is 1. The molecule has 1 fully saturated rings. The van der Waals surface area contributed by atoms with E-state index in [-0.39, 0.29) is 5.72 Å². The summed E-state index contributed by atoms with van der Waals surface area (Å²) in [6, 6.07) is 10.4. The Morgan fingerprint density at radius 1 is 1.10 bits per heavy atom. The summed E-state index contributed by atoms with van der Waals surface area (Å²) in [5, 5.41) is 0. The minimum Gasteiger partial charge on any atom is -0.348 e. The second-order valence-electron chi connectivity index (χ2n) is 7.30. The molecule has 0 atom stereocenters. The largest absolute Gasteiger partial charge is 0.348 e. The fraction of sp³-hybridized carbons (Fsp3) is 0.611. The molecule has 1 spiro atoms. The van der Waals surface area contributed by atoms with E-state index < -0.39 is 0 Å². The van der Waals surface area contributed by atoms with Gasteiger partial charge < -0.3 is 4.74 Å². The molecule has 108 valence electrons. The van der Waals surface area contributed by atoms with E-state index in [1.165, 1.54) is 18.4 Å². The average Bonchev–Trinajstić information content (AvgIpc) is 2.83. The summed E-state index contributed by atoms with van der Waals surface area (Å²) in [5.41, 5.74) is 2.53. The number of hydrogen-bond donors (Lipinski definition) is 0. The molecule has 3 rings (SSSR count). The number of nitrogens with zero attached hydrogens (tertiary/aromatic N) is 1. The van der Waals surface area contributed by atoms with Gasteiger partial charge in [0.25, 0.3) is 0 Å².